The Morgan fingerprint density at radius 3 is 2.52 bits per heavy atom. The number of carbonyl (C=O) groups is 1. The lowest BCUT2D eigenvalue weighted by molar-refractivity contribution is -0.139. The second-order valence-corrected chi connectivity index (χ2v) is 6.05. The van der Waals surface area contributed by atoms with Gasteiger partial charge in [0.15, 0.2) is 0 Å². The summed E-state index contributed by atoms with van der Waals surface area (Å²) in [6.45, 7) is 2.80. The fraction of sp³-hybridized carbons (Fsp3) is 0.350. The maximum Gasteiger partial charge on any atom is 0.341 e. The summed E-state index contributed by atoms with van der Waals surface area (Å²) < 4.78 is 5.82. The number of urea groups is 1. The molecule has 2 aromatic carbocycles. The van der Waals surface area contributed by atoms with Crippen LogP contribution in [-0.4, -0.2) is 24.2 Å². The zero-order chi connectivity index (χ0) is 17.3. The van der Waals surface area contributed by atoms with Crippen LogP contribution >= 0.6 is 0 Å². The van der Waals surface area contributed by atoms with Crippen molar-refractivity contribution in [2.75, 3.05) is 13.2 Å². The first-order valence-electron chi connectivity index (χ1n) is 8.69. The van der Waals surface area contributed by atoms with Gasteiger partial charge >= 0.3 is 6.03 Å². The van der Waals surface area contributed by atoms with Gasteiger partial charge in [-0.05, 0) is 29.5 Å². The molecular weight excluding hydrogens is 316 g/mol. The number of benzene rings is 2. The van der Waals surface area contributed by atoms with Gasteiger partial charge in [-0.3, -0.25) is 4.84 Å². The van der Waals surface area contributed by atoms with Crippen LogP contribution < -0.4 is 5.32 Å². The van der Waals surface area contributed by atoms with Crippen LogP contribution in [-0.2, 0) is 29.3 Å². The topological polar surface area (TPSA) is 50.8 Å². The van der Waals surface area contributed by atoms with E-state index in [0.29, 0.717) is 32.9 Å². The Bertz CT molecular complexity index is 670. The minimum atomic E-state index is -0.181. The van der Waals surface area contributed by atoms with Gasteiger partial charge in [0.25, 0.3) is 0 Å². The van der Waals surface area contributed by atoms with Gasteiger partial charge in [-0.1, -0.05) is 54.6 Å². The molecule has 132 valence electrons. The number of ether oxygens (including phenoxy) is 1. The van der Waals surface area contributed by atoms with Crippen molar-refractivity contribution in [3.8, 4) is 0 Å². The summed E-state index contributed by atoms with van der Waals surface area (Å²) >= 11 is 0. The van der Waals surface area contributed by atoms with E-state index in [2.05, 4.69) is 5.32 Å². The Kier molecular flexibility index (Phi) is 6.42. The van der Waals surface area contributed by atoms with Gasteiger partial charge in [0.1, 0.15) is 0 Å². The van der Waals surface area contributed by atoms with Crippen molar-refractivity contribution >= 4 is 6.03 Å². The van der Waals surface area contributed by atoms with E-state index < -0.39 is 0 Å². The predicted octanol–water partition coefficient (Wildman–Crippen LogP) is 3.64. The molecule has 5 heteroatoms. The fourth-order valence-corrected chi connectivity index (χ4v) is 2.74. The second-order valence-electron chi connectivity index (χ2n) is 6.05. The summed E-state index contributed by atoms with van der Waals surface area (Å²) in [4.78, 5) is 17.5. The van der Waals surface area contributed by atoms with Gasteiger partial charge in [-0.25, -0.2) is 9.86 Å². The molecule has 1 N–H and O–H groups in total. The quantitative estimate of drug-likeness (QED) is 0.873. The van der Waals surface area contributed by atoms with Gasteiger partial charge in [0, 0.05) is 6.54 Å². The average Bonchev–Trinajstić information content (AvgIpc) is 2.68. The molecule has 0 aliphatic carbocycles. The van der Waals surface area contributed by atoms with Crippen molar-refractivity contribution in [3.63, 3.8) is 0 Å². The van der Waals surface area contributed by atoms with Gasteiger partial charge in [0.2, 0.25) is 0 Å². The first kappa shape index (κ1) is 17.5. The molecule has 5 nitrogen and oxygen atoms in total. The molecule has 1 aliphatic rings. The van der Waals surface area contributed by atoms with E-state index >= 15 is 0 Å². The predicted molar refractivity (Wildman–Crippen MR) is 95.5 cm³/mol. The minimum absolute atomic E-state index is 0.181. The van der Waals surface area contributed by atoms with Crippen LogP contribution in [0.25, 0.3) is 0 Å². The highest BCUT2D eigenvalue weighted by Gasteiger charge is 2.17. The molecule has 0 unspecified atom stereocenters. The molecule has 0 spiro atoms. The third kappa shape index (κ3) is 5.31. The molecule has 2 amide bonds. The number of hydroxylamine groups is 2. The van der Waals surface area contributed by atoms with Crippen molar-refractivity contribution in [2.24, 2.45) is 0 Å². The number of carbonyl (C=O) groups excluding carboxylic acids is 1. The van der Waals surface area contributed by atoms with Gasteiger partial charge in [-0.15, -0.1) is 0 Å². The zero-order valence-corrected chi connectivity index (χ0v) is 14.3. The Balaban J connectivity index is 1.50. The highest BCUT2D eigenvalue weighted by molar-refractivity contribution is 5.73. The fourth-order valence-electron chi connectivity index (χ4n) is 2.74. The molecule has 0 aromatic heterocycles. The number of nitrogens with one attached hydrogen (secondary N) is 1. The van der Waals surface area contributed by atoms with Crippen molar-refractivity contribution < 1.29 is 14.4 Å². The first-order chi connectivity index (χ1) is 12.3. The summed E-state index contributed by atoms with van der Waals surface area (Å²) in [5.41, 5.74) is 3.29. The Labute approximate surface area is 148 Å². The summed E-state index contributed by atoms with van der Waals surface area (Å²) in [6.07, 6.45) is 1.99. The molecule has 0 radical (unpaired) electrons. The second kappa shape index (κ2) is 9.20. The molecule has 0 bridgehead atoms. The number of amides is 2. The van der Waals surface area contributed by atoms with E-state index in [0.717, 1.165) is 29.5 Å². The summed E-state index contributed by atoms with van der Waals surface area (Å²) in [6, 6.07) is 17.9. The van der Waals surface area contributed by atoms with E-state index in [4.69, 9.17) is 9.57 Å². The summed E-state index contributed by atoms with van der Waals surface area (Å²) in [7, 11) is 0. The summed E-state index contributed by atoms with van der Waals surface area (Å²) in [5, 5.41) is 4.34. The monoisotopic (exact) mass is 340 g/mol. The Morgan fingerprint density at radius 1 is 1.00 bits per heavy atom. The number of hydrogen-bond donors (Lipinski definition) is 1. The van der Waals surface area contributed by atoms with Crippen LogP contribution in [0, 0.1) is 0 Å². The molecule has 1 fully saturated rings. The third-order valence-corrected chi connectivity index (χ3v) is 4.15. The number of rotatable bonds is 6. The SMILES string of the molecule is O=C(NCc1ccccc1COCc1ccccc1)N1CCCCO1. The molecule has 2 aromatic rings. The minimum Gasteiger partial charge on any atom is -0.372 e. The first-order valence-corrected chi connectivity index (χ1v) is 8.69. The lowest BCUT2D eigenvalue weighted by atomic mass is 10.1. The molecule has 1 heterocycles. The molecule has 25 heavy (non-hydrogen) atoms. The lowest BCUT2D eigenvalue weighted by Crippen LogP contribution is -2.42. The Morgan fingerprint density at radius 2 is 1.76 bits per heavy atom. The van der Waals surface area contributed by atoms with Gasteiger partial charge in [0.05, 0.1) is 26.4 Å². The highest BCUT2D eigenvalue weighted by Crippen LogP contribution is 2.12. The van der Waals surface area contributed by atoms with Crippen molar-refractivity contribution in [1.29, 1.82) is 0 Å². The van der Waals surface area contributed by atoms with Crippen LogP contribution in [0.3, 0.4) is 0 Å². The van der Waals surface area contributed by atoms with Gasteiger partial charge < -0.3 is 10.1 Å². The lowest BCUT2D eigenvalue weighted by Gasteiger charge is -2.26. The van der Waals surface area contributed by atoms with Crippen LogP contribution in [0.15, 0.2) is 54.6 Å². The van der Waals surface area contributed by atoms with E-state index in [-0.39, 0.29) is 6.03 Å². The highest BCUT2D eigenvalue weighted by atomic mass is 16.7. The van der Waals surface area contributed by atoms with E-state index in [1.165, 1.54) is 5.06 Å². The molecular formula is C20H24N2O3. The van der Waals surface area contributed by atoms with Crippen LogP contribution in [0.5, 0.6) is 0 Å². The molecule has 1 aliphatic heterocycles. The standard InChI is InChI=1S/C20H24N2O3/c23-20(22-12-6-7-13-25-22)21-14-18-10-4-5-11-19(18)16-24-15-17-8-2-1-3-9-17/h1-5,8-11H,6-7,12-16H2,(H,21,23). The van der Waals surface area contributed by atoms with Crippen LogP contribution in [0.1, 0.15) is 29.5 Å². The van der Waals surface area contributed by atoms with Crippen LogP contribution in [0.2, 0.25) is 0 Å². The van der Waals surface area contributed by atoms with E-state index in [9.17, 15) is 4.79 Å². The van der Waals surface area contributed by atoms with Crippen molar-refractivity contribution in [1.82, 2.24) is 10.4 Å². The number of hydrogen-bond acceptors (Lipinski definition) is 3. The van der Waals surface area contributed by atoms with E-state index in [1.54, 1.807) is 0 Å². The average molecular weight is 340 g/mol. The van der Waals surface area contributed by atoms with Crippen LogP contribution in [0.4, 0.5) is 4.79 Å². The van der Waals surface area contributed by atoms with E-state index in [1.807, 2.05) is 54.6 Å². The van der Waals surface area contributed by atoms with Gasteiger partial charge in [-0.2, -0.15) is 0 Å². The third-order valence-electron chi connectivity index (χ3n) is 4.15. The maximum atomic E-state index is 12.1. The largest absolute Gasteiger partial charge is 0.372 e. The maximum absolute atomic E-state index is 12.1. The Hall–Kier alpha value is -2.37. The molecule has 0 saturated carbocycles. The smallest absolute Gasteiger partial charge is 0.341 e. The molecule has 3 rings (SSSR count). The molecule has 0 atom stereocenters. The summed E-state index contributed by atoms with van der Waals surface area (Å²) in [5.74, 6) is 0. The number of nitrogens with zero attached hydrogens (tertiary/aromatic N) is 1. The normalized spacial score (nSPS) is 14.3. The van der Waals surface area contributed by atoms with Crippen molar-refractivity contribution in [3.05, 3.63) is 71.3 Å². The zero-order valence-electron chi connectivity index (χ0n) is 14.3. The van der Waals surface area contributed by atoms with Crippen molar-refractivity contribution in [2.45, 2.75) is 32.6 Å². The molecule has 1 saturated heterocycles.